The maximum atomic E-state index is 2.63. The molecule has 0 aromatic rings. The fraction of sp³-hybridized carbons (Fsp3) is 1.00. The molecule has 0 heterocycles. The van der Waals surface area contributed by atoms with Crippen molar-refractivity contribution in [1.82, 2.24) is 171 Å². The number of hydrazine groups is 30. The minimum absolute atomic E-state index is 1.69. The van der Waals surface area contributed by atoms with E-state index in [0.717, 1.165) is 0 Å². The van der Waals surface area contributed by atoms with Crippen molar-refractivity contribution in [3.8, 4) is 0 Å². The van der Waals surface area contributed by atoms with E-state index in [4.69, 9.17) is 0 Å². The molecule has 31 N–H and O–H groups in total. The van der Waals surface area contributed by atoms with Gasteiger partial charge in [-0.3, -0.25) is 0 Å². The Morgan fingerprint density at radius 2 is 0.242 bits per heavy atom. The average Bonchev–Trinajstić information content (AvgIpc) is 2.83. The summed E-state index contributed by atoms with van der Waals surface area (Å²) in [4.78, 5) is 0. The fourth-order valence-corrected chi connectivity index (χ4v) is 0.969. The maximum Gasteiger partial charge on any atom is -0.000111 e. The zero-order valence-corrected chi connectivity index (χ0v) is 17.5. The van der Waals surface area contributed by atoms with Crippen LogP contribution < -0.4 is 171 Å². The van der Waals surface area contributed by atoms with Crippen LogP contribution in [0.1, 0.15) is 0 Å². The first kappa shape index (κ1) is 31.8. The van der Waals surface area contributed by atoms with E-state index in [1.54, 1.807) is 14.1 Å². The van der Waals surface area contributed by atoms with Crippen LogP contribution in [0.25, 0.3) is 0 Å². The molecule has 0 aromatic heterocycles. The average molecular weight is 496 g/mol. The highest BCUT2D eigenvalue weighted by Crippen LogP contribution is 1.31. The summed E-state index contributed by atoms with van der Waals surface area (Å²) in [6.45, 7) is 0. The molecule has 31 heteroatoms. The molecule has 0 amide bonds. The van der Waals surface area contributed by atoms with Gasteiger partial charge < -0.3 is 0 Å². The Morgan fingerprint density at radius 3 is 0.333 bits per heavy atom. The lowest BCUT2D eigenvalue weighted by Crippen LogP contribution is -2.70. The van der Waals surface area contributed by atoms with Gasteiger partial charge in [-0.05, 0) is 14.1 Å². The van der Waals surface area contributed by atoms with Gasteiger partial charge >= 0.3 is 0 Å². The van der Waals surface area contributed by atoms with Gasteiger partial charge in [0.1, 0.15) is 0 Å². The third kappa shape index (κ3) is 30.8. The van der Waals surface area contributed by atoms with E-state index >= 15 is 0 Å². The summed E-state index contributed by atoms with van der Waals surface area (Å²) in [6, 6.07) is 0. The zero-order valence-electron chi connectivity index (χ0n) is 17.5. The third-order valence-corrected chi connectivity index (χ3v) is 2.00. The van der Waals surface area contributed by atoms with E-state index in [1.165, 1.54) is 0 Å². The Bertz CT molecular complexity index is 288. The van der Waals surface area contributed by atoms with Gasteiger partial charge in [0.15, 0.2) is 0 Å². The molecule has 31 nitrogen and oxygen atoms in total. The maximum absolute atomic E-state index is 2.63. The molecule has 0 saturated carbocycles. The van der Waals surface area contributed by atoms with Crippen LogP contribution in [0.2, 0.25) is 0 Å². The fourth-order valence-electron chi connectivity index (χ4n) is 0.969. The van der Waals surface area contributed by atoms with Crippen LogP contribution in [-0.2, 0) is 0 Å². The molecular weight excluding hydrogens is 458 g/mol. The van der Waals surface area contributed by atoms with Gasteiger partial charge in [-0.2, -0.15) is 161 Å². The van der Waals surface area contributed by atoms with Crippen molar-refractivity contribution in [2.45, 2.75) is 0 Å². The summed E-state index contributed by atoms with van der Waals surface area (Å²) >= 11 is 0. The first-order valence-electron chi connectivity index (χ1n) is 8.50. The number of nitrogens with one attached hydrogen (secondary N) is 31. The van der Waals surface area contributed by atoms with E-state index in [2.05, 4.69) is 171 Å². The van der Waals surface area contributed by atoms with Crippen molar-refractivity contribution >= 4 is 0 Å². The lowest BCUT2D eigenvalue weighted by molar-refractivity contribution is 0.183. The van der Waals surface area contributed by atoms with Crippen molar-refractivity contribution in [3.05, 3.63) is 0 Å². The molecule has 200 valence electrons. The zero-order chi connectivity index (χ0) is 23.9. The molecule has 0 aliphatic carbocycles. The van der Waals surface area contributed by atoms with E-state index in [9.17, 15) is 0 Å². The van der Waals surface area contributed by atoms with Gasteiger partial charge in [-0.1, -0.05) is 0 Å². The number of hydrogen-bond donors (Lipinski definition) is 31. The molecule has 0 rings (SSSR count). The Balaban J connectivity index is 2.99. The molecule has 0 aliphatic rings. The monoisotopic (exact) mass is 495 g/mol. The molecule has 0 aromatic carbocycles. The second kappa shape index (κ2) is 30.8. The minimum Gasteiger partial charge on any atom is -0.246 e. The van der Waals surface area contributed by atoms with E-state index in [0.29, 0.717) is 0 Å². The smallest absolute Gasteiger partial charge is 0.000111 e. The van der Waals surface area contributed by atoms with Crippen molar-refractivity contribution in [2.75, 3.05) is 14.1 Å². The van der Waals surface area contributed by atoms with Crippen molar-refractivity contribution in [3.63, 3.8) is 0 Å². The van der Waals surface area contributed by atoms with Gasteiger partial charge in [0.2, 0.25) is 0 Å². The molecule has 0 unspecified atom stereocenters. The standard InChI is InChI=1S/C2H37N31/c1-3-5-7-9-11-13-15-17-19-21-23-25-27-29-31-33-32-30-28-26-24-22-20-18-16-14-12-10-8-6-4-2/h3-33H,1-2H3. The van der Waals surface area contributed by atoms with Gasteiger partial charge in [0.25, 0.3) is 0 Å². The van der Waals surface area contributed by atoms with Crippen LogP contribution in [0.5, 0.6) is 0 Å². The molecule has 0 fully saturated rings. The summed E-state index contributed by atoms with van der Waals surface area (Å²) in [5, 5.41) is 0. The highest BCUT2D eigenvalue weighted by Gasteiger charge is 1.85. The van der Waals surface area contributed by atoms with Crippen LogP contribution in [-0.4, -0.2) is 14.1 Å². The normalized spacial score (nSPS) is 11.5. The first-order valence-corrected chi connectivity index (χ1v) is 8.50. The molecule has 0 bridgehead atoms. The lowest BCUT2D eigenvalue weighted by Gasteiger charge is -2.15. The van der Waals surface area contributed by atoms with Crippen LogP contribution in [0.3, 0.4) is 0 Å². The molecule has 33 heavy (non-hydrogen) atoms. The van der Waals surface area contributed by atoms with Gasteiger partial charge in [-0.15, -0.1) is 0 Å². The lowest BCUT2D eigenvalue weighted by atomic mass is 11.5. The topological polar surface area (TPSA) is 373 Å². The quantitative estimate of drug-likeness (QED) is 0.0324. The molecule has 0 radical (unpaired) electrons. The second-order valence-corrected chi connectivity index (χ2v) is 4.12. The van der Waals surface area contributed by atoms with Crippen LogP contribution in [0.4, 0.5) is 0 Å². The summed E-state index contributed by atoms with van der Waals surface area (Å²) in [5.41, 5.74) is 78.1. The first-order chi connectivity index (χ1) is 16.4. The molecule has 0 saturated heterocycles. The van der Waals surface area contributed by atoms with Crippen molar-refractivity contribution < 1.29 is 0 Å². The SMILES string of the molecule is CNNNNNNNNNNNNNNNNNNNNNNNNNNNNNNNC. The molecule has 0 atom stereocenters. The summed E-state index contributed by atoms with van der Waals surface area (Å²) < 4.78 is 0. The van der Waals surface area contributed by atoms with Gasteiger partial charge in [-0.25, -0.2) is 10.9 Å². The third-order valence-electron chi connectivity index (χ3n) is 2.00. The van der Waals surface area contributed by atoms with Crippen molar-refractivity contribution in [1.29, 1.82) is 0 Å². The van der Waals surface area contributed by atoms with Gasteiger partial charge in [0, 0.05) is 0 Å². The Hall–Kier alpha value is -1.24. The summed E-state index contributed by atoms with van der Waals surface area (Å²) in [7, 11) is 3.39. The Kier molecular flexibility index (Phi) is 29.6. The second-order valence-electron chi connectivity index (χ2n) is 4.12. The number of hydrogen-bond acceptors (Lipinski definition) is 31. The predicted molar refractivity (Wildman–Crippen MR) is 109 cm³/mol. The predicted octanol–water partition coefficient (Wildman–Crippen LogP) is -15.0. The number of rotatable bonds is 30. The largest absolute Gasteiger partial charge is 0.246 e. The highest BCUT2D eigenvalue weighted by atomic mass is 16.0. The highest BCUT2D eigenvalue weighted by molar-refractivity contribution is 4.19. The minimum atomic E-state index is 1.69. The summed E-state index contributed by atoms with van der Waals surface area (Å²) in [6.07, 6.45) is 0. The van der Waals surface area contributed by atoms with Crippen molar-refractivity contribution in [2.24, 2.45) is 0 Å². The molecule has 0 spiro atoms. The van der Waals surface area contributed by atoms with Crippen LogP contribution in [0, 0.1) is 0 Å². The van der Waals surface area contributed by atoms with Crippen LogP contribution in [0.15, 0.2) is 0 Å². The van der Waals surface area contributed by atoms with E-state index in [1.807, 2.05) is 0 Å². The Morgan fingerprint density at radius 1 is 0.152 bits per heavy atom. The molecule has 0 aliphatic heterocycles. The summed E-state index contributed by atoms with van der Waals surface area (Å²) in [5.74, 6) is 0. The van der Waals surface area contributed by atoms with Crippen LogP contribution >= 0.6 is 0 Å². The van der Waals surface area contributed by atoms with E-state index < -0.39 is 0 Å². The molecular formula is C2H37N31. The van der Waals surface area contributed by atoms with E-state index in [-0.39, 0.29) is 0 Å². The Labute approximate surface area is 186 Å². The van der Waals surface area contributed by atoms with Gasteiger partial charge in [0.05, 0.1) is 0 Å².